The number of halogens is 1. The van der Waals surface area contributed by atoms with Crippen LogP contribution in [0.25, 0.3) is 11.1 Å². The van der Waals surface area contributed by atoms with Gasteiger partial charge in [-0.25, -0.2) is 4.39 Å². The molecule has 2 aromatic carbocycles. The molecule has 3 N–H and O–H groups in total. The number of hydrogen-bond donors (Lipinski definition) is 2. The maximum atomic E-state index is 12.8. The van der Waals surface area contributed by atoms with E-state index in [1.807, 2.05) is 48.5 Å². The summed E-state index contributed by atoms with van der Waals surface area (Å²) in [6.07, 6.45) is -0.463. The van der Waals surface area contributed by atoms with Crippen molar-refractivity contribution in [1.82, 2.24) is 5.32 Å². The van der Waals surface area contributed by atoms with Crippen molar-refractivity contribution in [3.63, 3.8) is 0 Å². The number of carbonyl (C=O) groups excluding carboxylic acids is 1. The summed E-state index contributed by atoms with van der Waals surface area (Å²) < 4.78 is 18.1. The van der Waals surface area contributed by atoms with Gasteiger partial charge in [-0.15, -0.1) is 0 Å². The largest absolute Gasteiger partial charge is 0.375 e. The lowest BCUT2D eigenvalue weighted by Crippen LogP contribution is -2.31. The fourth-order valence-corrected chi connectivity index (χ4v) is 2.59. The van der Waals surface area contributed by atoms with Crippen molar-refractivity contribution in [1.29, 1.82) is 0 Å². The SMILES string of the molecule is CO[C@H](c1ccc(-c2cccc(CNC(C)=O)c2)cc1)[C@H](N)CF. The second-order valence-corrected chi connectivity index (χ2v) is 5.71. The second kappa shape index (κ2) is 8.57. The summed E-state index contributed by atoms with van der Waals surface area (Å²) in [6, 6.07) is 15.0. The van der Waals surface area contributed by atoms with Crippen LogP contribution in [0.5, 0.6) is 0 Å². The minimum atomic E-state index is -0.679. The van der Waals surface area contributed by atoms with E-state index in [-0.39, 0.29) is 5.91 Å². The van der Waals surface area contributed by atoms with Gasteiger partial charge in [0.05, 0.1) is 12.1 Å². The Bertz CT molecular complexity index is 673. The molecule has 128 valence electrons. The Morgan fingerprint density at radius 1 is 1.21 bits per heavy atom. The van der Waals surface area contributed by atoms with E-state index in [0.29, 0.717) is 6.54 Å². The predicted octanol–water partition coefficient (Wildman–Crippen LogP) is 2.97. The first-order valence-corrected chi connectivity index (χ1v) is 7.83. The van der Waals surface area contributed by atoms with Crippen molar-refractivity contribution in [3.8, 4) is 11.1 Å². The molecule has 0 aliphatic rings. The monoisotopic (exact) mass is 330 g/mol. The Morgan fingerprint density at radius 3 is 2.50 bits per heavy atom. The molecule has 0 aliphatic heterocycles. The normalized spacial score (nSPS) is 13.3. The van der Waals surface area contributed by atoms with Crippen LogP contribution >= 0.6 is 0 Å². The molecule has 24 heavy (non-hydrogen) atoms. The second-order valence-electron chi connectivity index (χ2n) is 5.71. The lowest BCUT2D eigenvalue weighted by Gasteiger charge is -2.20. The molecule has 2 rings (SSSR count). The average Bonchev–Trinajstić information content (AvgIpc) is 2.61. The highest BCUT2D eigenvalue weighted by Crippen LogP contribution is 2.25. The Balaban J connectivity index is 2.18. The molecule has 0 saturated carbocycles. The summed E-state index contributed by atoms with van der Waals surface area (Å²) in [5.74, 6) is -0.0560. The summed E-state index contributed by atoms with van der Waals surface area (Å²) in [7, 11) is 1.53. The van der Waals surface area contributed by atoms with Gasteiger partial charge in [-0.1, -0.05) is 42.5 Å². The molecule has 0 fully saturated rings. The van der Waals surface area contributed by atoms with Gasteiger partial charge in [0.25, 0.3) is 0 Å². The zero-order chi connectivity index (χ0) is 17.5. The van der Waals surface area contributed by atoms with Gasteiger partial charge in [0.15, 0.2) is 0 Å². The van der Waals surface area contributed by atoms with E-state index < -0.39 is 18.8 Å². The number of rotatable bonds is 7. The van der Waals surface area contributed by atoms with Gasteiger partial charge in [-0.2, -0.15) is 0 Å². The summed E-state index contributed by atoms with van der Waals surface area (Å²) in [4.78, 5) is 11.0. The van der Waals surface area contributed by atoms with Gasteiger partial charge in [0, 0.05) is 20.6 Å². The van der Waals surface area contributed by atoms with Crippen LogP contribution in [0, 0.1) is 0 Å². The Labute approximate surface area is 141 Å². The van der Waals surface area contributed by atoms with Crippen molar-refractivity contribution in [2.24, 2.45) is 5.73 Å². The van der Waals surface area contributed by atoms with Crippen LogP contribution in [-0.4, -0.2) is 25.7 Å². The zero-order valence-electron chi connectivity index (χ0n) is 14.0. The van der Waals surface area contributed by atoms with E-state index >= 15 is 0 Å². The third kappa shape index (κ3) is 4.63. The van der Waals surface area contributed by atoms with Gasteiger partial charge >= 0.3 is 0 Å². The Hall–Kier alpha value is -2.24. The number of amides is 1. The molecule has 0 heterocycles. The molecule has 0 unspecified atom stereocenters. The van der Waals surface area contributed by atoms with Crippen LogP contribution in [0.1, 0.15) is 24.2 Å². The third-order valence-corrected chi connectivity index (χ3v) is 3.86. The highest BCUT2D eigenvalue weighted by molar-refractivity contribution is 5.73. The standard InChI is InChI=1S/C19H23FN2O2/c1-13(23)22-12-14-4-3-5-17(10-14)15-6-8-16(9-7-15)19(24-2)18(21)11-20/h3-10,18-19H,11-12,21H2,1-2H3,(H,22,23)/t18-,19-/m1/s1. The van der Waals surface area contributed by atoms with E-state index in [2.05, 4.69) is 5.32 Å². The third-order valence-electron chi connectivity index (χ3n) is 3.86. The average molecular weight is 330 g/mol. The molecular weight excluding hydrogens is 307 g/mol. The number of benzene rings is 2. The highest BCUT2D eigenvalue weighted by Gasteiger charge is 2.19. The first kappa shape index (κ1) is 18.1. The molecule has 2 atom stereocenters. The van der Waals surface area contributed by atoms with Crippen molar-refractivity contribution < 1.29 is 13.9 Å². The quantitative estimate of drug-likeness (QED) is 0.820. The van der Waals surface area contributed by atoms with Crippen LogP contribution in [-0.2, 0) is 16.1 Å². The topological polar surface area (TPSA) is 64.3 Å². The lowest BCUT2D eigenvalue weighted by molar-refractivity contribution is -0.119. The number of ether oxygens (including phenoxy) is 1. The maximum Gasteiger partial charge on any atom is 0.217 e. The van der Waals surface area contributed by atoms with E-state index in [9.17, 15) is 9.18 Å². The molecule has 0 spiro atoms. The fraction of sp³-hybridized carbons (Fsp3) is 0.316. The minimum Gasteiger partial charge on any atom is -0.375 e. The molecular formula is C19H23FN2O2. The maximum absolute atomic E-state index is 12.8. The van der Waals surface area contributed by atoms with Crippen LogP contribution in [0.15, 0.2) is 48.5 Å². The molecule has 0 aliphatic carbocycles. The van der Waals surface area contributed by atoms with E-state index in [0.717, 1.165) is 22.3 Å². The molecule has 4 nitrogen and oxygen atoms in total. The van der Waals surface area contributed by atoms with Gasteiger partial charge in [-0.3, -0.25) is 4.79 Å². The first-order chi connectivity index (χ1) is 11.5. The van der Waals surface area contributed by atoms with E-state index in [1.54, 1.807) is 0 Å². The number of carbonyl (C=O) groups is 1. The number of methoxy groups -OCH3 is 1. The zero-order valence-corrected chi connectivity index (χ0v) is 14.0. The number of nitrogens with two attached hydrogens (primary N) is 1. The van der Waals surface area contributed by atoms with Crippen LogP contribution in [0.3, 0.4) is 0 Å². The van der Waals surface area contributed by atoms with Gasteiger partial charge < -0.3 is 15.8 Å². The van der Waals surface area contributed by atoms with Gasteiger partial charge in [0.2, 0.25) is 5.91 Å². The molecule has 0 aromatic heterocycles. The summed E-state index contributed by atoms with van der Waals surface area (Å²) in [5, 5.41) is 2.79. The van der Waals surface area contributed by atoms with Crippen molar-refractivity contribution in [3.05, 3.63) is 59.7 Å². The van der Waals surface area contributed by atoms with E-state index in [4.69, 9.17) is 10.5 Å². The first-order valence-electron chi connectivity index (χ1n) is 7.83. The molecule has 1 amide bonds. The Morgan fingerprint density at radius 2 is 1.92 bits per heavy atom. The number of nitrogens with one attached hydrogen (secondary N) is 1. The smallest absolute Gasteiger partial charge is 0.217 e. The molecule has 0 saturated heterocycles. The highest BCUT2D eigenvalue weighted by atomic mass is 19.1. The summed E-state index contributed by atoms with van der Waals surface area (Å²) >= 11 is 0. The fourth-order valence-electron chi connectivity index (χ4n) is 2.59. The molecule has 5 heteroatoms. The van der Waals surface area contributed by atoms with Crippen LogP contribution < -0.4 is 11.1 Å². The lowest BCUT2D eigenvalue weighted by atomic mass is 9.98. The summed E-state index contributed by atoms with van der Waals surface area (Å²) in [5.41, 5.74) is 9.71. The number of alkyl halides is 1. The van der Waals surface area contributed by atoms with Crippen molar-refractivity contribution >= 4 is 5.91 Å². The van der Waals surface area contributed by atoms with Crippen molar-refractivity contribution in [2.45, 2.75) is 25.6 Å². The molecule has 2 aromatic rings. The van der Waals surface area contributed by atoms with Crippen molar-refractivity contribution in [2.75, 3.05) is 13.8 Å². The van der Waals surface area contributed by atoms with Crippen LogP contribution in [0.2, 0.25) is 0 Å². The van der Waals surface area contributed by atoms with Crippen LogP contribution in [0.4, 0.5) is 4.39 Å². The minimum absolute atomic E-state index is 0.0560. The number of hydrogen-bond acceptors (Lipinski definition) is 3. The predicted molar refractivity (Wildman–Crippen MR) is 93.1 cm³/mol. The van der Waals surface area contributed by atoms with E-state index in [1.165, 1.54) is 14.0 Å². The Kier molecular flexibility index (Phi) is 6.46. The molecule has 0 radical (unpaired) electrons. The van der Waals surface area contributed by atoms with Gasteiger partial charge in [-0.05, 0) is 28.3 Å². The van der Waals surface area contributed by atoms with Gasteiger partial charge in [0.1, 0.15) is 6.67 Å². The summed E-state index contributed by atoms with van der Waals surface area (Å²) in [6.45, 7) is 1.36. The molecule has 0 bridgehead atoms.